The summed E-state index contributed by atoms with van der Waals surface area (Å²) in [5.41, 5.74) is 0. The third-order valence-corrected chi connectivity index (χ3v) is 3.06. The van der Waals surface area contributed by atoms with Gasteiger partial charge in [0.1, 0.15) is 0 Å². The van der Waals surface area contributed by atoms with Crippen LogP contribution in [0.15, 0.2) is 0 Å². The van der Waals surface area contributed by atoms with Gasteiger partial charge in [0.2, 0.25) is 5.91 Å². The van der Waals surface area contributed by atoms with Crippen LogP contribution in [0.1, 0.15) is 52.4 Å². The van der Waals surface area contributed by atoms with Crippen LogP contribution in [-0.2, 0) is 4.79 Å². The second-order valence-corrected chi connectivity index (χ2v) is 4.42. The third-order valence-electron chi connectivity index (χ3n) is 3.06. The summed E-state index contributed by atoms with van der Waals surface area (Å²) in [6, 6.07) is 1.10. The van der Waals surface area contributed by atoms with E-state index in [1.807, 2.05) is 6.92 Å². The second kappa shape index (κ2) is 6.83. The number of carbonyl (C=O) groups is 1. The number of hydrogen-bond donors (Lipinski definition) is 2. The first kappa shape index (κ1) is 12.5. The lowest BCUT2D eigenvalue weighted by molar-refractivity contribution is -0.122. The molecule has 0 aromatic carbocycles. The van der Waals surface area contributed by atoms with E-state index in [-0.39, 0.29) is 5.91 Å². The van der Waals surface area contributed by atoms with Gasteiger partial charge in [0.05, 0.1) is 0 Å². The van der Waals surface area contributed by atoms with Crippen LogP contribution >= 0.6 is 0 Å². The van der Waals surface area contributed by atoms with Crippen molar-refractivity contribution in [3.05, 3.63) is 0 Å². The first-order chi connectivity index (χ1) is 7.26. The molecule has 15 heavy (non-hydrogen) atoms. The van der Waals surface area contributed by atoms with Crippen LogP contribution in [0.25, 0.3) is 0 Å². The smallest absolute Gasteiger partial charge is 0.220 e. The highest BCUT2D eigenvalue weighted by molar-refractivity contribution is 5.76. The predicted octanol–water partition coefficient (Wildman–Crippen LogP) is 1.82. The van der Waals surface area contributed by atoms with Crippen molar-refractivity contribution in [1.82, 2.24) is 10.6 Å². The maximum atomic E-state index is 11.4. The average molecular weight is 212 g/mol. The summed E-state index contributed by atoms with van der Waals surface area (Å²) in [5.74, 6) is 0.226. The Morgan fingerprint density at radius 2 is 1.73 bits per heavy atom. The molecule has 0 atom stereocenters. The summed E-state index contributed by atoms with van der Waals surface area (Å²) >= 11 is 0. The van der Waals surface area contributed by atoms with Crippen molar-refractivity contribution in [3.63, 3.8) is 0 Å². The van der Waals surface area contributed by atoms with Crippen LogP contribution in [0.3, 0.4) is 0 Å². The van der Waals surface area contributed by atoms with Crippen LogP contribution in [-0.4, -0.2) is 24.5 Å². The van der Waals surface area contributed by atoms with Crippen molar-refractivity contribution in [2.75, 3.05) is 6.54 Å². The highest BCUT2D eigenvalue weighted by Crippen LogP contribution is 2.18. The number of hydrogen-bond acceptors (Lipinski definition) is 2. The van der Waals surface area contributed by atoms with Gasteiger partial charge in [-0.2, -0.15) is 0 Å². The Labute approximate surface area is 93.0 Å². The average Bonchev–Trinajstić information content (AvgIpc) is 2.22. The zero-order chi connectivity index (χ0) is 11.1. The zero-order valence-electron chi connectivity index (χ0n) is 10.0. The van der Waals surface area contributed by atoms with Gasteiger partial charge < -0.3 is 10.6 Å². The molecule has 1 aliphatic carbocycles. The maximum absolute atomic E-state index is 11.4. The quantitative estimate of drug-likeness (QED) is 0.730. The highest BCUT2D eigenvalue weighted by atomic mass is 16.1. The lowest BCUT2D eigenvalue weighted by Crippen LogP contribution is -2.42. The van der Waals surface area contributed by atoms with Gasteiger partial charge in [-0.15, -0.1) is 0 Å². The topological polar surface area (TPSA) is 41.1 Å². The molecule has 88 valence electrons. The molecule has 0 bridgehead atoms. The SMILES string of the molecule is CCCC(=O)NC1CCC(NCC)CC1. The van der Waals surface area contributed by atoms with Crippen molar-refractivity contribution in [2.45, 2.75) is 64.5 Å². The molecule has 1 fully saturated rings. The monoisotopic (exact) mass is 212 g/mol. The lowest BCUT2D eigenvalue weighted by atomic mass is 9.91. The molecule has 3 nitrogen and oxygen atoms in total. The minimum atomic E-state index is 0.226. The molecule has 0 saturated heterocycles. The summed E-state index contributed by atoms with van der Waals surface area (Å²) in [7, 11) is 0. The fraction of sp³-hybridized carbons (Fsp3) is 0.917. The molecule has 3 heteroatoms. The summed E-state index contributed by atoms with van der Waals surface area (Å²) in [6.07, 6.45) is 6.28. The van der Waals surface area contributed by atoms with Gasteiger partial charge in [0.25, 0.3) is 0 Å². The van der Waals surface area contributed by atoms with Crippen molar-refractivity contribution < 1.29 is 4.79 Å². The summed E-state index contributed by atoms with van der Waals surface area (Å²) in [5, 5.41) is 6.59. The molecule has 0 heterocycles. The minimum Gasteiger partial charge on any atom is -0.353 e. The summed E-state index contributed by atoms with van der Waals surface area (Å²) in [6.45, 7) is 5.24. The largest absolute Gasteiger partial charge is 0.353 e. The van der Waals surface area contributed by atoms with Crippen molar-refractivity contribution in [1.29, 1.82) is 0 Å². The fourth-order valence-electron chi connectivity index (χ4n) is 2.26. The first-order valence-corrected chi connectivity index (χ1v) is 6.29. The molecular formula is C12H24N2O. The standard InChI is InChI=1S/C12H24N2O/c1-3-5-12(15)14-11-8-6-10(7-9-11)13-4-2/h10-11,13H,3-9H2,1-2H3,(H,14,15). The maximum Gasteiger partial charge on any atom is 0.220 e. The molecular weight excluding hydrogens is 188 g/mol. The van der Waals surface area contributed by atoms with E-state index in [1.54, 1.807) is 0 Å². The normalized spacial score (nSPS) is 26.3. The van der Waals surface area contributed by atoms with E-state index in [2.05, 4.69) is 17.6 Å². The number of rotatable bonds is 5. The van der Waals surface area contributed by atoms with Crippen LogP contribution < -0.4 is 10.6 Å². The van der Waals surface area contributed by atoms with Gasteiger partial charge in [-0.3, -0.25) is 4.79 Å². The highest BCUT2D eigenvalue weighted by Gasteiger charge is 2.21. The van der Waals surface area contributed by atoms with Crippen LogP contribution in [0.4, 0.5) is 0 Å². The number of carbonyl (C=O) groups excluding carboxylic acids is 1. The Morgan fingerprint density at radius 1 is 1.13 bits per heavy atom. The number of nitrogens with one attached hydrogen (secondary N) is 2. The molecule has 0 radical (unpaired) electrons. The molecule has 0 unspecified atom stereocenters. The van der Waals surface area contributed by atoms with E-state index in [9.17, 15) is 4.79 Å². The molecule has 1 amide bonds. The zero-order valence-corrected chi connectivity index (χ0v) is 10.0. The molecule has 0 aromatic rings. The van der Waals surface area contributed by atoms with Gasteiger partial charge in [-0.05, 0) is 38.6 Å². The van der Waals surface area contributed by atoms with E-state index in [0.29, 0.717) is 18.5 Å². The van der Waals surface area contributed by atoms with Crippen LogP contribution in [0, 0.1) is 0 Å². The van der Waals surface area contributed by atoms with Gasteiger partial charge in [0.15, 0.2) is 0 Å². The van der Waals surface area contributed by atoms with E-state index >= 15 is 0 Å². The van der Waals surface area contributed by atoms with Gasteiger partial charge in [0, 0.05) is 18.5 Å². The molecule has 1 aliphatic rings. The molecule has 1 rings (SSSR count). The second-order valence-electron chi connectivity index (χ2n) is 4.42. The molecule has 0 aromatic heterocycles. The van der Waals surface area contributed by atoms with E-state index in [4.69, 9.17) is 0 Å². The number of amides is 1. The van der Waals surface area contributed by atoms with E-state index in [0.717, 1.165) is 25.8 Å². The predicted molar refractivity (Wildman–Crippen MR) is 62.8 cm³/mol. The Kier molecular flexibility index (Phi) is 5.69. The van der Waals surface area contributed by atoms with Crippen LogP contribution in [0.2, 0.25) is 0 Å². The van der Waals surface area contributed by atoms with E-state index < -0.39 is 0 Å². The van der Waals surface area contributed by atoms with Gasteiger partial charge >= 0.3 is 0 Å². The van der Waals surface area contributed by atoms with Gasteiger partial charge in [-0.25, -0.2) is 0 Å². The van der Waals surface area contributed by atoms with Gasteiger partial charge in [-0.1, -0.05) is 13.8 Å². The Balaban J connectivity index is 2.16. The summed E-state index contributed by atoms with van der Waals surface area (Å²) in [4.78, 5) is 11.4. The minimum absolute atomic E-state index is 0.226. The van der Waals surface area contributed by atoms with Crippen molar-refractivity contribution >= 4 is 5.91 Å². The van der Waals surface area contributed by atoms with E-state index in [1.165, 1.54) is 12.8 Å². The van der Waals surface area contributed by atoms with Crippen molar-refractivity contribution in [2.24, 2.45) is 0 Å². The Hall–Kier alpha value is -0.570. The fourth-order valence-corrected chi connectivity index (χ4v) is 2.26. The lowest BCUT2D eigenvalue weighted by Gasteiger charge is -2.29. The summed E-state index contributed by atoms with van der Waals surface area (Å²) < 4.78 is 0. The first-order valence-electron chi connectivity index (χ1n) is 6.29. The molecule has 2 N–H and O–H groups in total. The molecule has 0 aliphatic heterocycles. The Bertz CT molecular complexity index is 186. The molecule has 0 spiro atoms. The molecule has 1 saturated carbocycles. The van der Waals surface area contributed by atoms with Crippen LogP contribution in [0.5, 0.6) is 0 Å². The Morgan fingerprint density at radius 3 is 2.27 bits per heavy atom. The third kappa shape index (κ3) is 4.65. The van der Waals surface area contributed by atoms with Crippen molar-refractivity contribution in [3.8, 4) is 0 Å².